The van der Waals surface area contributed by atoms with Gasteiger partial charge < -0.3 is 4.74 Å². The van der Waals surface area contributed by atoms with Crippen LogP contribution in [-0.2, 0) is 9.53 Å². The topological polar surface area (TPSA) is 26.3 Å². The van der Waals surface area contributed by atoms with Gasteiger partial charge in [0.25, 0.3) is 6.47 Å². The van der Waals surface area contributed by atoms with E-state index in [1.54, 1.807) is 0 Å². The minimum absolute atomic E-state index is 0. The quantitative estimate of drug-likeness (QED) is 0.397. The first-order chi connectivity index (χ1) is 2.91. The second-order valence-corrected chi connectivity index (χ2v) is 0.967. The molecule has 0 saturated heterocycles. The molecule has 0 N–H and O–H groups in total. The highest BCUT2D eigenvalue weighted by Crippen LogP contribution is 1.71. The molecule has 0 atom stereocenters. The van der Waals surface area contributed by atoms with Crippen molar-refractivity contribution >= 4 is 6.47 Å². The average molecular weight is 104 g/mol. The van der Waals surface area contributed by atoms with Crippen LogP contribution in [0.3, 0.4) is 0 Å². The van der Waals surface area contributed by atoms with E-state index >= 15 is 0 Å². The summed E-state index contributed by atoms with van der Waals surface area (Å²) in [6.07, 6.45) is 0.902. The Morgan fingerprint density at radius 2 is 2.29 bits per heavy atom. The molecule has 44 valence electrons. The third-order valence-corrected chi connectivity index (χ3v) is 0.390. The van der Waals surface area contributed by atoms with Gasteiger partial charge in [-0.25, -0.2) is 0 Å². The van der Waals surface area contributed by atoms with Gasteiger partial charge in [-0.15, -0.1) is 0 Å². The third kappa shape index (κ3) is 10.8. The molecular weight excluding hydrogens is 92.1 g/mol. The van der Waals surface area contributed by atoms with Crippen molar-refractivity contribution in [1.29, 1.82) is 0 Å². The molecule has 0 heterocycles. The Balaban J connectivity index is 0. The van der Waals surface area contributed by atoms with Crippen LogP contribution in [0.5, 0.6) is 0 Å². The summed E-state index contributed by atoms with van der Waals surface area (Å²) >= 11 is 0. The molecule has 2 nitrogen and oxygen atoms in total. The van der Waals surface area contributed by atoms with E-state index in [9.17, 15) is 4.79 Å². The van der Waals surface area contributed by atoms with Gasteiger partial charge in [-0.2, -0.15) is 0 Å². The molecule has 0 fully saturated rings. The lowest BCUT2D eigenvalue weighted by molar-refractivity contribution is -0.128. The van der Waals surface area contributed by atoms with E-state index in [-0.39, 0.29) is 7.43 Å². The van der Waals surface area contributed by atoms with Crippen LogP contribution in [0.15, 0.2) is 0 Å². The largest absolute Gasteiger partial charge is 0.468 e. The molecule has 7 heavy (non-hydrogen) atoms. The van der Waals surface area contributed by atoms with Crippen molar-refractivity contribution in [1.82, 2.24) is 0 Å². The van der Waals surface area contributed by atoms with Gasteiger partial charge >= 0.3 is 0 Å². The Bertz CT molecular complexity index is 35.1. The predicted octanol–water partition coefficient (Wildman–Crippen LogP) is 1.21. The zero-order valence-corrected chi connectivity index (χ0v) is 3.81. The third-order valence-electron chi connectivity index (χ3n) is 0.390. The Morgan fingerprint density at radius 3 is 2.43 bits per heavy atom. The van der Waals surface area contributed by atoms with Crippen molar-refractivity contribution in [2.75, 3.05) is 6.61 Å². The lowest BCUT2D eigenvalue weighted by Crippen LogP contribution is -1.86. The second-order valence-electron chi connectivity index (χ2n) is 0.967. The number of hydrogen-bond acceptors (Lipinski definition) is 2. The standard InChI is InChI=1S/C4H8O2.CH4/c1-2-3-6-4-5;/h4H,2-3H2,1H3;1H4. The summed E-state index contributed by atoms with van der Waals surface area (Å²) in [4.78, 5) is 9.34. The molecule has 0 amide bonds. The highest BCUT2D eigenvalue weighted by Gasteiger charge is 1.71. The van der Waals surface area contributed by atoms with Crippen molar-refractivity contribution in [3.63, 3.8) is 0 Å². The van der Waals surface area contributed by atoms with Gasteiger partial charge in [0.05, 0.1) is 6.61 Å². The molecule has 0 aromatic carbocycles. The number of ether oxygens (including phenoxy) is 1. The minimum atomic E-state index is 0. The number of carbonyl (C=O) groups excluding carboxylic acids is 1. The molecule has 0 aliphatic carbocycles. The fourth-order valence-corrected chi connectivity index (χ4v) is 0.166. The Kier molecular flexibility index (Phi) is 12.6. The smallest absolute Gasteiger partial charge is 0.293 e. The first kappa shape index (κ1) is 9.69. The minimum Gasteiger partial charge on any atom is -0.468 e. The van der Waals surface area contributed by atoms with Crippen LogP contribution in [0.25, 0.3) is 0 Å². The normalized spacial score (nSPS) is 6.43. The molecule has 0 unspecified atom stereocenters. The SMILES string of the molecule is C.CCCOC=O. The summed E-state index contributed by atoms with van der Waals surface area (Å²) in [6.45, 7) is 2.95. The maximum atomic E-state index is 9.34. The van der Waals surface area contributed by atoms with E-state index in [1.807, 2.05) is 6.92 Å². The first-order valence-electron chi connectivity index (χ1n) is 1.97. The summed E-state index contributed by atoms with van der Waals surface area (Å²) in [5.74, 6) is 0. The molecule has 0 aromatic heterocycles. The summed E-state index contributed by atoms with van der Waals surface area (Å²) in [7, 11) is 0. The van der Waals surface area contributed by atoms with Crippen molar-refractivity contribution in [3.05, 3.63) is 0 Å². The van der Waals surface area contributed by atoms with E-state index in [0.29, 0.717) is 13.1 Å². The molecule has 0 rings (SSSR count). The second kappa shape index (κ2) is 9.08. The first-order valence-corrected chi connectivity index (χ1v) is 1.97. The van der Waals surface area contributed by atoms with Crippen LogP contribution < -0.4 is 0 Å². The van der Waals surface area contributed by atoms with E-state index in [2.05, 4.69) is 4.74 Å². The molecule has 0 saturated carbocycles. The van der Waals surface area contributed by atoms with Crippen molar-refractivity contribution in [3.8, 4) is 0 Å². The van der Waals surface area contributed by atoms with Crippen LogP contribution >= 0.6 is 0 Å². The molecule has 2 heteroatoms. The maximum absolute atomic E-state index is 9.34. The van der Waals surface area contributed by atoms with E-state index in [0.717, 1.165) is 6.42 Å². The molecule has 0 aliphatic rings. The molecule has 0 aromatic rings. The van der Waals surface area contributed by atoms with Gasteiger partial charge in [-0.3, -0.25) is 4.79 Å². The summed E-state index contributed by atoms with van der Waals surface area (Å²) < 4.78 is 4.30. The summed E-state index contributed by atoms with van der Waals surface area (Å²) in [5.41, 5.74) is 0. The molecule has 0 aliphatic heterocycles. The van der Waals surface area contributed by atoms with Gasteiger partial charge in [0.2, 0.25) is 0 Å². The lowest BCUT2D eigenvalue weighted by atomic mass is 10.5. The average Bonchev–Trinajstić information content (AvgIpc) is 1.61. The fraction of sp³-hybridized carbons (Fsp3) is 0.800. The lowest BCUT2D eigenvalue weighted by Gasteiger charge is -1.86. The van der Waals surface area contributed by atoms with Crippen LogP contribution in [0.4, 0.5) is 0 Å². The van der Waals surface area contributed by atoms with Gasteiger partial charge in [0.1, 0.15) is 0 Å². The zero-order chi connectivity index (χ0) is 4.83. The van der Waals surface area contributed by atoms with Gasteiger partial charge in [-0.1, -0.05) is 14.4 Å². The molecule has 0 spiro atoms. The number of carbonyl (C=O) groups is 1. The molecule has 0 radical (unpaired) electrons. The monoisotopic (exact) mass is 104 g/mol. The number of hydrogen-bond donors (Lipinski definition) is 0. The molecular formula is C5H12O2. The van der Waals surface area contributed by atoms with Crippen LogP contribution in [0.1, 0.15) is 20.8 Å². The predicted molar refractivity (Wildman–Crippen MR) is 29.0 cm³/mol. The fourth-order valence-electron chi connectivity index (χ4n) is 0.166. The van der Waals surface area contributed by atoms with Crippen LogP contribution in [0.2, 0.25) is 0 Å². The highest BCUT2D eigenvalue weighted by molar-refractivity contribution is 5.36. The van der Waals surface area contributed by atoms with Gasteiger partial charge in [0.15, 0.2) is 0 Å². The van der Waals surface area contributed by atoms with Crippen LogP contribution in [-0.4, -0.2) is 13.1 Å². The molecule has 0 bridgehead atoms. The van der Waals surface area contributed by atoms with Crippen LogP contribution in [0, 0.1) is 0 Å². The summed E-state index contributed by atoms with van der Waals surface area (Å²) in [5, 5.41) is 0. The Labute approximate surface area is 44.5 Å². The Morgan fingerprint density at radius 1 is 1.71 bits per heavy atom. The Hall–Kier alpha value is -0.530. The van der Waals surface area contributed by atoms with E-state index in [4.69, 9.17) is 0 Å². The van der Waals surface area contributed by atoms with Crippen molar-refractivity contribution < 1.29 is 9.53 Å². The van der Waals surface area contributed by atoms with Crippen molar-refractivity contribution in [2.45, 2.75) is 20.8 Å². The highest BCUT2D eigenvalue weighted by atomic mass is 16.5. The zero-order valence-electron chi connectivity index (χ0n) is 3.81. The van der Waals surface area contributed by atoms with Gasteiger partial charge in [0, 0.05) is 0 Å². The number of rotatable bonds is 3. The van der Waals surface area contributed by atoms with Gasteiger partial charge in [-0.05, 0) is 6.42 Å². The van der Waals surface area contributed by atoms with E-state index < -0.39 is 0 Å². The maximum Gasteiger partial charge on any atom is 0.293 e. The van der Waals surface area contributed by atoms with Crippen molar-refractivity contribution in [2.24, 2.45) is 0 Å². The van der Waals surface area contributed by atoms with E-state index in [1.165, 1.54) is 0 Å². The summed E-state index contributed by atoms with van der Waals surface area (Å²) in [6, 6.07) is 0.